The Balaban J connectivity index is 1.59. The normalized spacial score (nSPS) is 13.8. The average molecular weight is 340 g/mol. The number of benzene rings is 1. The number of nitrogens with one attached hydrogen (secondary N) is 1. The number of carbonyl (C=O) groups is 1. The first-order valence-corrected chi connectivity index (χ1v) is 8.45. The van der Waals surface area contributed by atoms with Crippen molar-refractivity contribution in [3.8, 4) is 11.4 Å². The van der Waals surface area contributed by atoms with Gasteiger partial charge in [-0.15, -0.1) is 10.2 Å². The quantitative estimate of drug-likeness (QED) is 0.758. The number of H-pyrrole nitrogens is 1. The van der Waals surface area contributed by atoms with Crippen LogP contribution in [0.25, 0.3) is 11.4 Å². The summed E-state index contributed by atoms with van der Waals surface area (Å²) in [6.45, 7) is 3.59. The molecule has 0 saturated heterocycles. The van der Waals surface area contributed by atoms with Crippen LogP contribution in [0.5, 0.6) is 0 Å². The van der Waals surface area contributed by atoms with Crippen LogP contribution >= 0.6 is 11.3 Å². The zero-order valence-corrected chi connectivity index (χ0v) is 13.9. The Bertz CT molecular complexity index is 898. The van der Waals surface area contributed by atoms with Gasteiger partial charge < -0.3 is 15.6 Å². The number of hydrogen-bond acceptors (Lipinski definition) is 6. The molecule has 3 N–H and O–H groups in total. The van der Waals surface area contributed by atoms with E-state index in [9.17, 15) is 4.79 Å². The summed E-state index contributed by atoms with van der Waals surface area (Å²) in [4.78, 5) is 21.5. The van der Waals surface area contributed by atoms with Crippen LogP contribution in [-0.4, -0.2) is 32.6 Å². The maximum atomic E-state index is 11.2. The van der Waals surface area contributed by atoms with Crippen LogP contribution in [0.15, 0.2) is 24.3 Å². The highest BCUT2D eigenvalue weighted by Crippen LogP contribution is 2.27. The Morgan fingerprint density at radius 1 is 1.29 bits per heavy atom. The molecule has 3 aromatic rings. The van der Waals surface area contributed by atoms with Crippen LogP contribution in [0, 0.1) is 6.92 Å². The highest BCUT2D eigenvalue weighted by Gasteiger charge is 2.22. The maximum Gasteiger partial charge on any atom is 0.248 e. The van der Waals surface area contributed by atoms with Crippen LogP contribution in [0.1, 0.15) is 26.8 Å². The standard InChI is InChI=1S/C16H16N6OS/c1-9-20-21-16(24-9)22-7-6-12-13(8-22)19-15(18-12)11-4-2-10(3-5-11)14(17)23/h2-5H,6-8H2,1H3,(H2,17,23)(H,18,19). The highest BCUT2D eigenvalue weighted by atomic mass is 32.1. The lowest BCUT2D eigenvalue weighted by atomic mass is 10.1. The van der Waals surface area contributed by atoms with E-state index < -0.39 is 5.91 Å². The van der Waals surface area contributed by atoms with Crippen LogP contribution in [-0.2, 0) is 13.0 Å². The predicted molar refractivity (Wildman–Crippen MR) is 91.9 cm³/mol. The number of amides is 1. The van der Waals surface area contributed by atoms with Gasteiger partial charge in [0.15, 0.2) is 0 Å². The van der Waals surface area contributed by atoms with E-state index in [1.54, 1.807) is 23.5 Å². The molecule has 122 valence electrons. The largest absolute Gasteiger partial charge is 0.366 e. The molecule has 7 nitrogen and oxygen atoms in total. The van der Waals surface area contributed by atoms with Crippen molar-refractivity contribution in [1.82, 2.24) is 20.2 Å². The van der Waals surface area contributed by atoms with Gasteiger partial charge >= 0.3 is 0 Å². The Morgan fingerprint density at radius 2 is 2.08 bits per heavy atom. The van der Waals surface area contributed by atoms with E-state index >= 15 is 0 Å². The Hall–Kier alpha value is -2.74. The third-order valence-electron chi connectivity index (χ3n) is 4.06. The number of fused-ring (bicyclic) bond motifs is 1. The smallest absolute Gasteiger partial charge is 0.248 e. The summed E-state index contributed by atoms with van der Waals surface area (Å²) in [5.74, 6) is 0.384. The van der Waals surface area contributed by atoms with Crippen molar-refractivity contribution in [3.63, 3.8) is 0 Å². The van der Waals surface area contributed by atoms with Crippen molar-refractivity contribution < 1.29 is 4.79 Å². The van der Waals surface area contributed by atoms with E-state index in [4.69, 9.17) is 10.7 Å². The number of primary amides is 1. The lowest BCUT2D eigenvalue weighted by molar-refractivity contribution is 0.100. The fourth-order valence-corrected chi connectivity index (χ4v) is 3.51. The number of aromatic amines is 1. The third-order valence-corrected chi connectivity index (χ3v) is 4.96. The second kappa shape index (κ2) is 5.72. The highest BCUT2D eigenvalue weighted by molar-refractivity contribution is 7.15. The molecule has 1 aliphatic rings. The van der Waals surface area contributed by atoms with E-state index in [1.807, 2.05) is 19.1 Å². The van der Waals surface area contributed by atoms with E-state index in [0.717, 1.165) is 52.4 Å². The van der Waals surface area contributed by atoms with Crippen molar-refractivity contribution in [2.45, 2.75) is 19.9 Å². The molecule has 24 heavy (non-hydrogen) atoms. The van der Waals surface area contributed by atoms with Gasteiger partial charge in [-0.05, 0) is 19.1 Å². The predicted octanol–water partition coefficient (Wildman–Crippen LogP) is 1.90. The van der Waals surface area contributed by atoms with E-state index in [0.29, 0.717) is 5.56 Å². The van der Waals surface area contributed by atoms with E-state index in [1.165, 1.54) is 0 Å². The van der Waals surface area contributed by atoms with Gasteiger partial charge in [0.05, 0.1) is 17.9 Å². The molecule has 0 saturated carbocycles. The van der Waals surface area contributed by atoms with Gasteiger partial charge in [0.2, 0.25) is 11.0 Å². The number of nitrogens with zero attached hydrogens (tertiary/aromatic N) is 4. The number of nitrogens with two attached hydrogens (primary N) is 1. The molecule has 0 aliphatic carbocycles. The molecular weight excluding hydrogens is 324 g/mol. The third kappa shape index (κ3) is 2.65. The lowest BCUT2D eigenvalue weighted by Gasteiger charge is -2.24. The van der Waals surface area contributed by atoms with Gasteiger partial charge in [0.25, 0.3) is 0 Å². The van der Waals surface area contributed by atoms with Crippen LogP contribution < -0.4 is 10.6 Å². The topological polar surface area (TPSA) is 101 Å². The molecule has 2 aromatic heterocycles. The number of carbonyl (C=O) groups excluding carboxylic acids is 1. The SMILES string of the molecule is Cc1nnc(N2CCc3nc(-c4ccc(C(N)=O)cc4)[nH]c3C2)s1. The summed E-state index contributed by atoms with van der Waals surface area (Å²) in [6.07, 6.45) is 0.865. The summed E-state index contributed by atoms with van der Waals surface area (Å²) in [5, 5.41) is 10.2. The molecule has 8 heteroatoms. The first-order valence-electron chi connectivity index (χ1n) is 7.63. The van der Waals surface area contributed by atoms with Gasteiger partial charge in [-0.2, -0.15) is 0 Å². The number of aromatic nitrogens is 4. The minimum Gasteiger partial charge on any atom is -0.366 e. The van der Waals surface area contributed by atoms with Crippen molar-refractivity contribution in [2.24, 2.45) is 5.73 Å². The van der Waals surface area contributed by atoms with Gasteiger partial charge in [0, 0.05) is 24.1 Å². The minimum atomic E-state index is -0.428. The zero-order chi connectivity index (χ0) is 16.7. The molecule has 0 fully saturated rings. The molecular formula is C16H16N6OS. The van der Waals surface area contributed by atoms with Crippen LogP contribution in [0.3, 0.4) is 0 Å². The number of imidazole rings is 1. The molecule has 3 heterocycles. The lowest BCUT2D eigenvalue weighted by Crippen LogP contribution is -2.30. The number of rotatable bonds is 3. The van der Waals surface area contributed by atoms with Gasteiger partial charge in [-0.1, -0.05) is 23.5 Å². The molecule has 0 unspecified atom stereocenters. The number of aryl methyl sites for hydroxylation is 1. The number of hydrogen-bond donors (Lipinski definition) is 2. The van der Waals surface area contributed by atoms with Crippen molar-refractivity contribution in [1.29, 1.82) is 0 Å². The Labute approximate surface area is 142 Å². The molecule has 1 aromatic carbocycles. The summed E-state index contributed by atoms with van der Waals surface area (Å²) < 4.78 is 0. The Morgan fingerprint density at radius 3 is 2.75 bits per heavy atom. The Kier molecular flexibility index (Phi) is 3.53. The molecule has 0 radical (unpaired) electrons. The molecule has 1 aliphatic heterocycles. The molecule has 0 spiro atoms. The summed E-state index contributed by atoms with van der Waals surface area (Å²) in [6, 6.07) is 7.15. The van der Waals surface area contributed by atoms with Crippen molar-refractivity contribution in [3.05, 3.63) is 46.2 Å². The molecule has 1 amide bonds. The summed E-state index contributed by atoms with van der Waals surface area (Å²) >= 11 is 1.60. The first kappa shape index (κ1) is 14.8. The summed E-state index contributed by atoms with van der Waals surface area (Å²) in [7, 11) is 0. The molecule has 0 bridgehead atoms. The van der Waals surface area contributed by atoms with Crippen molar-refractivity contribution in [2.75, 3.05) is 11.4 Å². The van der Waals surface area contributed by atoms with Gasteiger partial charge in [-0.3, -0.25) is 4.79 Å². The maximum absolute atomic E-state index is 11.2. The van der Waals surface area contributed by atoms with Gasteiger partial charge in [-0.25, -0.2) is 4.98 Å². The molecule has 4 rings (SSSR count). The van der Waals surface area contributed by atoms with E-state index in [-0.39, 0.29) is 0 Å². The minimum absolute atomic E-state index is 0.428. The number of anilines is 1. The monoisotopic (exact) mass is 340 g/mol. The van der Waals surface area contributed by atoms with Crippen LogP contribution in [0.2, 0.25) is 0 Å². The average Bonchev–Trinajstić information content (AvgIpc) is 3.20. The summed E-state index contributed by atoms with van der Waals surface area (Å²) in [5.41, 5.74) is 8.89. The first-order chi connectivity index (χ1) is 11.6. The van der Waals surface area contributed by atoms with E-state index in [2.05, 4.69) is 20.1 Å². The fourth-order valence-electron chi connectivity index (χ4n) is 2.80. The van der Waals surface area contributed by atoms with Crippen molar-refractivity contribution >= 4 is 22.4 Å². The second-order valence-electron chi connectivity index (χ2n) is 5.73. The molecule has 0 atom stereocenters. The van der Waals surface area contributed by atoms with Gasteiger partial charge in [0.1, 0.15) is 10.8 Å². The zero-order valence-electron chi connectivity index (χ0n) is 13.1. The fraction of sp³-hybridized carbons (Fsp3) is 0.250. The van der Waals surface area contributed by atoms with Crippen LogP contribution in [0.4, 0.5) is 5.13 Å². The second-order valence-corrected chi connectivity index (χ2v) is 6.89.